The molecule has 1 aliphatic heterocycles. The summed E-state index contributed by atoms with van der Waals surface area (Å²) in [7, 11) is 0. The normalized spacial score (nSPS) is 19.7. The van der Waals surface area contributed by atoms with Gasteiger partial charge in [-0.3, -0.25) is 4.79 Å². The molecule has 96 valence electrons. The molecule has 1 aromatic rings. The largest absolute Gasteiger partial charge is 0.445 e. The maximum absolute atomic E-state index is 11.8. The molecule has 4 nitrogen and oxygen atoms in total. The number of amides is 1. The van der Waals surface area contributed by atoms with Gasteiger partial charge in [-0.05, 0) is 12.0 Å². The summed E-state index contributed by atoms with van der Waals surface area (Å²) in [5.41, 5.74) is 0.947. The Kier molecular flexibility index (Phi) is 3.97. The van der Waals surface area contributed by atoms with Gasteiger partial charge >= 0.3 is 6.09 Å². The molecule has 1 fully saturated rings. The topological polar surface area (TPSA) is 46.6 Å². The van der Waals surface area contributed by atoms with E-state index in [-0.39, 0.29) is 24.9 Å². The van der Waals surface area contributed by atoms with Crippen LogP contribution in [0.25, 0.3) is 0 Å². The molecule has 4 heteroatoms. The van der Waals surface area contributed by atoms with Gasteiger partial charge in [0.15, 0.2) is 5.78 Å². The van der Waals surface area contributed by atoms with Crippen molar-refractivity contribution in [3.63, 3.8) is 0 Å². The summed E-state index contributed by atoms with van der Waals surface area (Å²) in [5, 5.41) is 0. The van der Waals surface area contributed by atoms with E-state index in [1.54, 1.807) is 0 Å². The summed E-state index contributed by atoms with van der Waals surface area (Å²) in [6.45, 7) is 2.92. The van der Waals surface area contributed by atoms with Crippen molar-refractivity contribution in [2.24, 2.45) is 5.92 Å². The number of carbonyl (C=O) groups excluding carboxylic acids is 2. The predicted molar refractivity (Wildman–Crippen MR) is 67.0 cm³/mol. The molecule has 1 atom stereocenters. The number of nitrogens with zero attached hydrogens (tertiary/aromatic N) is 1. The second kappa shape index (κ2) is 5.67. The standard InChI is InChI=1S/C14H17NO3/c1-11-7-8-15(9-13(11)16)14(17)18-10-12-5-3-2-4-6-12/h2-6,11H,7-10H2,1H3/t11-/m1/s1. The lowest BCUT2D eigenvalue weighted by Gasteiger charge is -2.28. The maximum Gasteiger partial charge on any atom is 0.410 e. The van der Waals surface area contributed by atoms with Gasteiger partial charge in [0.2, 0.25) is 0 Å². The van der Waals surface area contributed by atoms with Gasteiger partial charge in [-0.1, -0.05) is 37.3 Å². The zero-order chi connectivity index (χ0) is 13.0. The van der Waals surface area contributed by atoms with Gasteiger partial charge in [-0.25, -0.2) is 4.79 Å². The summed E-state index contributed by atoms with van der Waals surface area (Å²) in [6, 6.07) is 9.51. The maximum atomic E-state index is 11.8. The average molecular weight is 247 g/mol. The van der Waals surface area contributed by atoms with Crippen molar-refractivity contribution in [2.75, 3.05) is 13.1 Å². The molecule has 0 bridgehead atoms. The van der Waals surface area contributed by atoms with Gasteiger partial charge in [-0.15, -0.1) is 0 Å². The summed E-state index contributed by atoms with van der Waals surface area (Å²) in [6.07, 6.45) is 0.318. The summed E-state index contributed by atoms with van der Waals surface area (Å²) in [5.74, 6) is 0.168. The first-order chi connectivity index (χ1) is 8.66. The predicted octanol–water partition coefficient (Wildman–Crippen LogP) is 2.23. The first kappa shape index (κ1) is 12.6. The van der Waals surface area contributed by atoms with E-state index in [2.05, 4.69) is 0 Å². The lowest BCUT2D eigenvalue weighted by atomic mass is 9.98. The van der Waals surface area contributed by atoms with Crippen LogP contribution in [0.1, 0.15) is 18.9 Å². The molecule has 0 unspecified atom stereocenters. The van der Waals surface area contributed by atoms with Crippen LogP contribution in [0.5, 0.6) is 0 Å². The van der Waals surface area contributed by atoms with Gasteiger partial charge in [0.1, 0.15) is 6.61 Å². The van der Waals surface area contributed by atoms with Crippen LogP contribution >= 0.6 is 0 Å². The minimum Gasteiger partial charge on any atom is -0.445 e. The zero-order valence-corrected chi connectivity index (χ0v) is 10.5. The van der Waals surface area contributed by atoms with Crippen molar-refractivity contribution in [3.8, 4) is 0 Å². The Morgan fingerprint density at radius 2 is 2.11 bits per heavy atom. The minimum absolute atomic E-state index is 0.0585. The van der Waals surface area contributed by atoms with Crippen molar-refractivity contribution >= 4 is 11.9 Å². The molecule has 0 aromatic heterocycles. The number of hydrogen-bond donors (Lipinski definition) is 0. The Morgan fingerprint density at radius 1 is 1.39 bits per heavy atom. The van der Waals surface area contributed by atoms with Crippen LogP contribution in [0.2, 0.25) is 0 Å². The molecular weight excluding hydrogens is 230 g/mol. The fraction of sp³-hybridized carbons (Fsp3) is 0.429. The SMILES string of the molecule is C[C@@H]1CCN(C(=O)OCc2ccccc2)CC1=O. The minimum atomic E-state index is -0.404. The van der Waals surface area contributed by atoms with E-state index in [0.717, 1.165) is 12.0 Å². The van der Waals surface area contributed by atoms with Crippen LogP contribution in [0, 0.1) is 5.92 Å². The van der Waals surface area contributed by atoms with Gasteiger partial charge in [-0.2, -0.15) is 0 Å². The van der Waals surface area contributed by atoms with Gasteiger partial charge < -0.3 is 9.64 Å². The van der Waals surface area contributed by atoms with E-state index in [9.17, 15) is 9.59 Å². The van der Waals surface area contributed by atoms with Crippen LogP contribution in [-0.4, -0.2) is 29.9 Å². The molecule has 1 amide bonds. The first-order valence-electron chi connectivity index (χ1n) is 6.15. The van der Waals surface area contributed by atoms with Crippen molar-refractivity contribution in [1.82, 2.24) is 4.90 Å². The second-order valence-electron chi connectivity index (χ2n) is 4.62. The van der Waals surface area contributed by atoms with Crippen molar-refractivity contribution in [3.05, 3.63) is 35.9 Å². The number of piperidine rings is 1. The Morgan fingerprint density at radius 3 is 2.78 bits per heavy atom. The number of benzene rings is 1. The molecule has 0 saturated carbocycles. The third kappa shape index (κ3) is 3.09. The van der Waals surface area contributed by atoms with E-state index in [1.807, 2.05) is 37.3 Å². The quantitative estimate of drug-likeness (QED) is 0.805. The molecule has 1 saturated heterocycles. The number of hydrogen-bond acceptors (Lipinski definition) is 3. The third-order valence-electron chi connectivity index (χ3n) is 3.19. The van der Waals surface area contributed by atoms with Gasteiger partial charge in [0, 0.05) is 12.5 Å². The summed E-state index contributed by atoms with van der Waals surface area (Å²) < 4.78 is 5.19. The highest BCUT2D eigenvalue weighted by Crippen LogP contribution is 2.14. The van der Waals surface area contributed by atoms with Crippen molar-refractivity contribution in [2.45, 2.75) is 20.0 Å². The Hall–Kier alpha value is -1.84. The fourth-order valence-corrected chi connectivity index (χ4v) is 1.90. The van der Waals surface area contributed by atoms with Crippen LogP contribution in [0.3, 0.4) is 0 Å². The van der Waals surface area contributed by atoms with E-state index in [1.165, 1.54) is 4.90 Å². The Labute approximate surface area is 107 Å². The number of Topliss-reactive ketones (excluding diaryl/α,β-unsaturated/α-hetero) is 1. The molecule has 0 radical (unpaired) electrons. The molecule has 1 aromatic carbocycles. The van der Waals surface area contributed by atoms with Crippen LogP contribution in [-0.2, 0) is 16.1 Å². The molecule has 0 spiro atoms. The smallest absolute Gasteiger partial charge is 0.410 e. The van der Waals surface area contributed by atoms with Gasteiger partial charge in [0.25, 0.3) is 0 Å². The number of ketones is 1. The Balaban J connectivity index is 1.83. The summed E-state index contributed by atoms with van der Waals surface area (Å²) >= 11 is 0. The van der Waals surface area contributed by atoms with Crippen LogP contribution in [0.4, 0.5) is 4.79 Å². The molecule has 2 rings (SSSR count). The summed E-state index contributed by atoms with van der Waals surface area (Å²) in [4.78, 5) is 24.8. The first-order valence-corrected chi connectivity index (χ1v) is 6.15. The fourth-order valence-electron chi connectivity index (χ4n) is 1.90. The van der Waals surface area contributed by atoms with E-state index in [4.69, 9.17) is 4.74 Å². The molecule has 18 heavy (non-hydrogen) atoms. The van der Waals surface area contributed by atoms with Gasteiger partial charge in [0.05, 0.1) is 6.54 Å². The monoisotopic (exact) mass is 247 g/mol. The third-order valence-corrected chi connectivity index (χ3v) is 3.19. The molecular formula is C14H17NO3. The highest BCUT2D eigenvalue weighted by atomic mass is 16.6. The highest BCUT2D eigenvalue weighted by molar-refractivity contribution is 5.86. The lowest BCUT2D eigenvalue weighted by molar-refractivity contribution is -0.125. The number of ether oxygens (including phenoxy) is 1. The average Bonchev–Trinajstić information content (AvgIpc) is 2.40. The second-order valence-corrected chi connectivity index (χ2v) is 4.62. The van der Waals surface area contributed by atoms with Crippen LogP contribution < -0.4 is 0 Å². The molecule has 1 heterocycles. The number of rotatable bonds is 2. The molecule has 0 aliphatic carbocycles. The molecule has 1 aliphatic rings. The molecule has 0 N–H and O–H groups in total. The van der Waals surface area contributed by atoms with E-state index >= 15 is 0 Å². The number of likely N-dealkylation sites (tertiary alicyclic amines) is 1. The van der Waals surface area contributed by atoms with Crippen molar-refractivity contribution in [1.29, 1.82) is 0 Å². The Bertz CT molecular complexity index is 430. The zero-order valence-electron chi connectivity index (χ0n) is 10.5. The lowest BCUT2D eigenvalue weighted by Crippen LogP contribution is -2.43. The van der Waals surface area contributed by atoms with Crippen LogP contribution in [0.15, 0.2) is 30.3 Å². The highest BCUT2D eigenvalue weighted by Gasteiger charge is 2.27. The van der Waals surface area contributed by atoms with Crippen molar-refractivity contribution < 1.29 is 14.3 Å². The van der Waals surface area contributed by atoms with E-state index in [0.29, 0.717) is 6.54 Å². The van der Waals surface area contributed by atoms with E-state index < -0.39 is 6.09 Å². The number of carbonyl (C=O) groups is 2.